The molecule has 0 spiro atoms. The lowest BCUT2D eigenvalue weighted by atomic mass is 10.0. The fourth-order valence-electron chi connectivity index (χ4n) is 1.36. The fraction of sp³-hybridized carbons (Fsp3) is 0.500. The lowest BCUT2D eigenvalue weighted by Crippen LogP contribution is -2.15. The summed E-state index contributed by atoms with van der Waals surface area (Å²) >= 11 is 0. The molecular formula is C12H17F2N. The van der Waals surface area contributed by atoms with Crippen LogP contribution in [-0.4, -0.2) is 6.04 Å². The highest BCUT2D eigenvalue weighted by Crippen LogP contribution is 2.26. The van der Waals surface area contributed by atoms with E-state index in [1.54, 1.807) is 12.1 Å². The van der Waals surface area contributed by atoms with Gasteiger partial charge in [-0.15, -0.1) is 0 Å². The molecule has 0 radical (unpaired) electrons. The van der Waals surface area contributed by atoms with Crippen molar-refractivity contribution in [3.63, 3.8) is 0 Å². The zero-order chi connectivity index (χ0) is 11.5. The maximum absolute atomic E-state index is 12.9. The average molecular weight is 213 g/mol. The predicted molar refractivity (Wildman–Crippen MR) is 58.0 cm³/mol. The molecule has 0 aliphatic heterocycles. The van der Waals surface area contributed by atoms with Gasteiger partial charge in [-0.05, 0) is 25.3 Å². The predicted octanol–water partition coefficient (Wildman–Crippen LogP) is 3.08. The van der Waals surface area contributed by atoms with Crippen molar-refractivity contribution in [3.8, 4) is 0 Å². The lowest BCUT2D eigenvalue weighted by molar-refractivity contribution is 0.0174. The smallest absolute Gasteiger partial charge is 0.270 e. The van der Waals surface area contributed by atoms with Gasteiger partial charge in [-0.25, -0.2) is 8.78 Å². The van der Waals surface area contributed by atoms with Crippen LogP contribution in [-0.2, 0) is 12.3 Å². The molecule has 0 saturated carbocycles. The molecule has 0 aliphatic rings. The molecule has 0 amide bonds. The van der Waals surface area contributed by atoms with Gasteiger partial charge in [0.2, 0.25) is 0 Å². The molecule has 1 rings (SSSR count). The van der Waals surface area contributed by atoms with E-state index in [9.17, 15) is 8.78 Å². The van der Waals surface area contributed by atoms with Crippen molar-refractivity contribution in [1.82, 2.24) is 0 Å². The van der Waals surface area contributed by atoms with Crippen molar-refractivity contribution in [2.75, 3.05) is 0 Å². The first-order valence-electron chi connectivity index (χ1n) is 5.12. The van der Waals surface area contributed by atoms with Gasteiger partial charge in [0.25, 0.3) is 5.92 Å². The SMILES string of the molecule is CC(N)CCc1ccc(C(C)(F)F)cc1. The van der Waals surface area contributed by atoms with E-state index in [0.717, 1.165) is 25.3 Å². The van der Waals surface area contributed by atoms with E-state index in [2.05, 4.69) is 0 Å². The van der Waals surface area contributed by atoms with Crippen LogP contribution < -0.4 is 5.73 Å². The fourth-order valence-corrected chi connectivity index (χ4v) is 1.36. The van der Waals surface area contributed by atoms with Gasteiger partial charge in [0.15, 0.2) is 0 Å². The zero-order valence-corrected chi connectivity index (χ0v) is 9.13. The maximum Gasteiger partial charge on any atom is 0.270 e. The van der Waals surface area contributed by atoms with Crippen molar-refractivity contribution >= 4 is 0 Å². The zero-order valence-electron chi connectivity index (χ0n) is 9.13. The molecule has 84 valence electrons. The second-order valence-corrected chi connectivity index (χ2v) is 4.10. The number of rotatable bonds is 4. The van der Waals surface area contributed by atoms with E-state index in [1.807, 2.05) is 6.92 Å². The largest absolute Gasteiger partial charge is 0.328 e. The summed E-state index contributed by atoms with van der Waals surface area (Å²) in [7, 11) is 0. The van der Waals surface area contributed by atoms with Crippen LogP contribution in [0.4, 0.5) is 8.78 Å². The Kier molecular flexibility index (Phi) is 3.80. The first-order chi connectivity index (χ1) is 6.89. The van der Waals surface area contributed by atoms with Crippen LogP contribution in [0, 0.1) is 0 Å². The van der Waals surface area contributed by atoms with E-state index >= 15 is 0 Å². The number of halogens is 2. The Bertz CT molecular complexity index is 298. The van der Waals surface area contributed by atoms with Crippen LogP contribution in [0.15, 0.2) is 24.3 Å². The Labute approximate surface area is 89.3 Å². The van der Waals surface area contributed by atoms with Gasteiger partial charge in [0.05, 0.1) is 0 Å². The van der Waals surface area contributed by atoms with Crippen LogP contribution >= 0.6 is 0 Å². The monoisotopic (exact) mass is 213 g/mol. The summed E-state index contributed by atoms with van der Waals surface area (Å²) in [5.41, 5.74) is 6.74. The van der Waals surface area contributed by atoms with Gasteiger partial charge in [0.1, 0.15) is 0 Å². The van der Waals surface area contributed by atoms with Gasteiger partial charge in [0, 0.05) is 18.5 Å². The summed E-state index contributed by atoms with van der Waals surface area (Å²) in [6.07, 6.45) is 1.72. The van der Waals surface area contributed by atoms with Crippen LogP contribution in [0.5, 0.6) is 0 Å². The van der Waals surface area contributed by atoms with E-state index in [1.165, 1.54) is 12.1 Å². The second-order valence-electron chi connectivity index (χ2n) is 4.10. The van der Waals surface area contributed by atoms with E-state index in [0.29, 0.717) is 0 Å². The molecule has 1 nitrogen and oxygen atoms in total. The molecule has 0 aromatic heterocycles. The number of aryl methyl sites for hydroxylation is 1. The number of hydrogen-bond donors (Lipinski definition) is 1. The molecule has 2 N–H and O–H groups in total. The highest BCUT2D eigenvalue weighted by Gasteiger charge is 2.23. The van der Waals surface area contributed by atoms with Gasteiger partial charge < -0.3 is 5.73 Å². The quantitative estimate of drug-likeness (QED) is 0.817. The summed E-state index contributed by atoms with van der Waals surface area (Å²) in [4.78, 5) is 0. The normalized spacial score (nSPS) is 13.9. The van der Waals surface area contributed by atoms with Crippen LogP contribution in [0.1, 0.15) is 31.4 Å². The number of hydrogen-bond acceptors (Lipinski definition) is 1. The molecule has 1 aromatic rings. The molecule has 1 unspecified atom stereocenters. The molecule has 15 heavy (non-hydrogen) atoms. The van der Waals surface area contributed by atoms with E-state index in [-0.39, 0.29) is 11.6 Å². The molecule has 0 heterocycles. The van der Waals surface area contributed by atoms with Gasteiger partial charge >= 0.3 is 0 Å². The standard InChI is InChI=1S/C12H17F2N/c1-9(15)3-4-10-5-7-11(8-6-10)12(2,13)14/h5-9H,3-4,15H2,1-2H3. The van der Waals surface area contributed by atoms with E-state index in [4.69, 9.17) is 5.73 Å². The maximum atomic E-state index is 12.9. The molecule has 0 aliphatic carbocycles. The van der Waals surface area contributed by atoms with Crippen molar-refractivity contribution in [2.45, 2.75) is 38.7 Å². The van der Waals surface area contributed by atoms with Crippen LogP contribution in [0.2, 0.25) is 0 Å². The molecule has 0 bridgehead atoms. The highest BCUT2D eigenvalue weighted by atomic mass is 19.3. The molecule has 3 heteroatoms. The number of alkyl halides is 2. The van der Waals surface area contributed by atoms with Crippen molar-refractivity contribution < 1.29 is 8.78 Å². The minimum absolute atomic E-state index is 0.0621. The summed E-state index contributed by atoms with van der Waals surface area (Å²) in [6.45, 7) is 2.85. The number of nitrogens with two attached hydrogens (primary N) is 1. The summed E-state index contributed by atoms with van der Waals surface area (Å²) in [5, 5.41) is 0. The third-order valence-corrected chi connectivity index (χ3v) is 2.35. The third kappa shape index (κ3) is 3.96. The Balaban J connectivity index is 2.65. The lowest BCUT2D eigenvalue weighted by Gasteiger charge is -2.11. The minimum atomic E-state index is -2.75. The van der Waals surface area contributed by atoms with Crippen molar-refractivity contribution in [1.29, 1.82) is 0 Å². The highest BCUT2D eigenvalue weighted by molar-refractivity contribution is 5.25. The first-order valence-corrected chi connectivity index (χ1v) is 5.12. The van der Waals surface area contributed by atoms with Gasteiger partial charge in [-0.1, -0.05) is 24.3 Å². The minimum Gasteiger partial charge on any atom is -0.328 e. The summed E-state index contributed by atoms with van der Waals surface area (Å²) < 4.78 is 25.8. The van der Waals surface area contributed by atoms with Crippen LogP contribution in [0.25, 0.3) is 0 Å². The van der Waals surface area contributed by atoms with Gasteiger partial charge in [-0.2, -0.15) is 0 Å². The molecule has 0 fully saturated rings. The molecular weight excluding hydrogens is 196 g/mol. The van der Waals surface area contributed by atoms with Crippen LogP contribution in [0.3, 0.4) is 0 Å². The van der Waals surface area contributed by atoms with Crippen molar-refractivity contribution in [3.05, 3.63) is 35.4 Å². The second kappa shape index (κ2) is 4.71. The Morgan fingerprint density at radius 2 is 1.80 bits per heavy atom. The van der Waals surface area contributed by atoms with Crippen molar-refractivity contribution in [2.24, 2.45) is 5.73 Å². The topological polar surface area (TPSA) is 26.0 Å². The Morgan fingerprint density at radius 1 is 1.27 bits per heavy atom. The first kappa shape index (κ1) is 12.1. The summed E-state index contributed by atoms with van der Waals surface area (Å²) in [5.74, 6) is -2.75. The Morgan fingerprint density at radius 3 is 2.20 bits per heavy atom. The third-order valence-electron chi connectivity index (χ3n) is 2.35. The van der Waals surface area contributed by atoms with Gasteiger partial charge in [-0.3, -0.25) is 0 Å². The molecule has 1 aromatic carbocycles. The molecule has 0 saturated heterocycles. The molecule has 1 atom stereocenters. The average Bonchev–Trinajstić information content (AvgIpc) is 2.14. The number of benzene rings is 1. The van der Waals surface area contributed by atoms with E-state index < -0.39 is 5.92 Å². The summed E-state index contributed by atoms with van der Waals surface area (Å²) in [6, 6.07) is 6.61. The Hall–Kier alpha value is -0.960.